The molecule has 2 nitrogen and oxygen atoms in total. The fourth-order valence-electron chi connectivity index (χ4n) is 2.68. The third-order valence-electron chi connectivity index (χ3n) is 3.93. The Hall–Kier alpha value is -0.0800. The summed E-state index contributed by atoms with van der Waals surface area (Å²) in [6, 6.07) is 1.40. The summed E-state index contributed by atoms with van der Waals surface area (Å²) in [4.78, 5) is 2.55. The Balaban J connectivity index is 2.37. The SMILES string of the molecule is CCC(NC1CCN(CC)CC1)C(C)(C)C. The summed E-state index contributed by atoms with van der Waals surface area (Å²) in [6.45, 7) is 15.3. The molecule has 1 heterocycles. The van der Waals surface area contributed by atoms with Crippen LogP contribution in [0.3, 0.4) is 0 Å². The van der Waals surface area contributed by atoms with Crippen molar-refractivity contribution in [3.05, 3.63) is 0 Å². The molecule has 1 N–H and O–H groups in total. The first kappa shape index (κ1) is 14.0. The third kappa shape index (κ3) is 4.06. The minimum atomic E-state index is 0.386. The van der Waals surface area contributed by atoms with Crippen molar-refractivity contribution in [3.63, 3.8) is 0 Å². The van der Waals surface area contributed by atoms with Crippen molar-refractivity contribution >= 4 is 0 Å². The fraction of sp³-hybridized carbons (Fsp3) is 1.00. The van der Waals surface area contributed by atoms with Crippen LogP contribution in [-0.4, -0.2) is 36.6 Å². The predicted octanol–water partition coefficient (Wildman–Crippen LogP) is 2.89. The van der Waals surface area contributed by atoms with Crippen molar-refractivity contribution in [1.82, 2.24) is 10.2 Å². The van der Waals surface area contributed by atoms with E-state index in [1.807, 2.05) is 0 Å². The second-order valence-electron chi connectivity index (χ2n) is 6.20. The first-order chi connectivity index (χ1) is 7.47. The molecule has 0 bridgehead atoms. The minimum Gasteiger partial charge on any atom is -0.311 e. The molecule has 1 unspecified atom stereocenters. The maximum absolute atomic E-state index is 3.86. The molecule has 0 radical (unpaired) electrons. The number of hydrogen-bond donors (Lipinski definition) is 1. The summed E-state index contributed by atoms with van der Waals surface area (Å²) in [6.07, 6.45) is 3.87. The van der Waals surface area contributed by atoms with Crippen LogP contribution in [0.15, 0.2) is 0 Å². The van der Waals surface area contributed by atoms with Gasteiger partial charge in [-0.1, -0.05) is 34.6 Å². The molecule has 0 aromatic heterocycles. The maximum Gasteiger partial charge on any atom is 0.0116 e. The Morgan fingerprint density at radius 2 is 1.75 bits per heavy atom. The van der Waals surface area contributed by atoms with Gasteiger partial charge in [-0.05, 0) is 44.3 Å². The Kier molecular flexibility index (Phi) is 5.26. The standard InChI is InChI=1S/C14H30N2/c1-6-13(14(3,4)5)15-12-8-10-16(7-2)11-9-12/h12-13,15H,6-11H2,1-5H3. The molecule has 0 aromatic rings. The highest BCUT2D eigenvalue weighted by molar-refractivity contribution is 4.85. The first-order valence-corrected chi connectivity index (χ1v) is 6.95. The number of piperidine rings is 1. The predicted molar refractivity (Wildman–Crippen MR) is 71.8 cm³/mol. The highest BCUT2D eigenvalue weighted by Crippen LogP contribution is 2.23. The normalized spacial score (nSPS) is 22.3. The zero-order chi connectivity index (χ0) is 12.2. The molecule has 0 aliphatic carbocycles. The highest BCUT2D eigenvalue weighted by Gasteiger charge is 2.26. The van der Waals surface area contributed by atoms with Gasteiger partial charge >= 0.3 is 0 Å². The Morgan fingerprint density at radius 3 is 2.12 bits per heavy atom. The second-order valence-corrected chi connectivity index (χ2v) is 6.20. The Bertz CT molecular complexity index is 187. The fourth-order valence-corrected chi connectivity index (χ4v) is 2.68. The topological polar surface area (TPSA) is 15.3 Å². The molecular weight excluding hydrogens is 196 g/mol. The third-order valence-corrected chi connectivity index (χ3v) is 3.93. The number of rotatable bonds is 4. The molecule has 0 saturated carbocycles. The summed E-state index contributed by atoms with van der Waals surface area (Å²) in [5.74, 6) is 0. The van der Waals surface area contributed by atoms with Crippen LogP contribution in [0.2, 0.25) is 0 Å². The quantitative estimate of drug-likeness (QED) is 0.793. The molecule has 0 spiro atoms. The molecule has 96 valence electrons. The van der Waals surface area contributed by atoms with Crippen molar-refractivity contribution in [2.24, 2.45) is 5.41 Å². The molecule has 0 aromatic carbocycles. The van der Waals surface area contributed by atoms with Gasteiger partial charge in [0.25, 0.3) is 0 Å². The lowest BCUT2D eigenvalue weighted by Crippen LogP contribution is -2.49. The monoisotopic (exact) mass is 226 g/mol. The van der Waals surface area contributed by atoms with Gasteiger partial charge < -0.3 is 10.2 Å². The van der Waals surface area contributed by atoms with Crippen molar-refractivity contribution < 1.29 is 0 Å². The minimum absolute atomic E-state index is 0.386. The average Bonchev–Trinajstić information content (AvgIpc) is 2.25. The van der Waals surface area contributed by atoms with Crippen molar-refractivity contribution in [1.29, 1.82) is 0 Å². The van der Waals surface area contributed by atoms with E-state index in [0.29, 0.717) is 11.5 Å². The first-order valence-electron chi connectivity index (χ1n) is 6.95. The van der Waals surface area contributed by atoms with E-state index in [1.54, 1.807) is 0 Å². The smallest absolute Gasteiger partial charge is 0.0116 e. The van der Waals surface area contributed by atoms with Crippen LogP contribution in [0.1, 0.15) is 53.9 Å². The van der Waals surface area contributed by atoms with Crippen molar-refractivity contribution in [3.8, 4) is 0 Å². The molecule has 1 atom stereocenters. The van der Waals surface area contributed by atoms with Gasteiger partial charge in [-0.2, -0.15) is 0 Å². The van der Waals surface area contributed by atoms with Crippen LogP contribution in [0.5, 0.6) is 0 Å². The molecular formula is C14H30N2. The van der Waals surface area contributed by atoms with Gasteiger partial charge in [0.1, 0.15) is 0 Å². The van der Waals surface area contributed by atoms with Gasteiger partial charge in [0, 0.05) is 12.1 Å². The summed E-state index contributed by atoms with van der Waals surface area (Å²) < 4.78 is 0. The van der Waals surface area contributed by atoms with E-state index in [1.165, 1.54) is 38.9 Å². The lowest BCUT2D eigenvalue weighted by molar-refractivity contribution is 0.169. The molecule has 2 heteroatoms. The zero-order valence-electron chi connectivity index (χ0n) is 11.8. The lowest BCUT2D eigenvalue weighted by atomic mass is 9.84. The number of hydrogen-bond acceptors (Lipinski definition) is 2. The van der Waals surface area contributed by atoms with Crippen LogP contribution in [0.4, 0.5) is 0 Å². The molecule has 1 saturated heterocycles. The highest BCUT2D eigenvalue weighted by atomic mass is 15.1. The number of likely N-dealkylation sites (tertiary alicyclic amines) is 1. The number of nitrogens with zero attached hydrogens (tertiary/aromatic N) is 1. The molecule has 1 fully saturated rings. The average molecular weight is 226 g/mol. The largest absolute Gasteiger partial charge is 0.311 e. The van der Waals surface area contributed by atoms with Crippen LogP contribution < -0.4 is 5.32 Å². The number of nitrogens with one attached hydrogen (secondary N) is 1. The summed E-state index contributed by atoms with van der Waals surface area (Å²) in [5, 5.41) is 3.86. The zero-order valence-corrected chi connectivity index (χ0v) is 11.8. The van der Waals surface area contributed by atoms with Gasteiger partial charge in [-0.3, -0.25) is 0 Å². The van der Waals surface area contributed by atoms with Crippen LogP contribution in [-0.2, 0) is 0 Å². The molecule has 1 rings (SSSR count). The Morgan fingerprint density at radius 1 is 1.19 bits per heavy atom. The van der Waals surface area contributed by atoms with Gasteiger partial charge in [0.05, 0.1) is 0 Å². The maximum atomic E-state index is 3.86. The van der Waals surface area contributed by atoms with E-state index in [4.69, 9.17) is 0 Å². The summed E-state index contributed by atoms with van der Waals surface area (Å²) in [7, 11) is 0. The van der Waals surface area contributed by atoms with Crippen molar-refractivity contribution in [2.45, 2.75) is 66.0 Å². The van der Waals surface area contributed by atoms with E-state index >= 15 is 0 Å². The van der Waals surface area contributed by atoms with E-state index in [0.717, 1.165) is 6.04 Å². The molecule has 1 aliphatic heterocycles. The van der Waals surface area contributed by atoms with Crippen LogP contribution in [0, 0.1) is 5.41 Å². The van der Waals surface area contributed by atoms with Crippen molar-refractivity contribution in [2.75, 3.05) is 19.6 Å². The van der Waals surface area contributed by atoms with Gasteiger partial charge in [-0.15, -0.1) is 0 Å². The summed E-state index contributed by atoms with van der Waals surface area (Å²) in [5.41, 5.74) is 0.386. The molecule has 16 heavy (non-hydrogen) atoms. The van der Waals surface area contributed by atoms with Gasteiger partial charge in [0.15, 0.2) is 0 Å². The van der Waals surface area contributed by atoms with E-state index < -0.39 is 0 Å². The van der Waals surface area contributed by atoms with Gasteiger partial charge in [-0.25, -0.2) is 0 Å². The van der Waals surface area contributed by atoms with Crippen LogP contribution >= 0.6 is 0 Å². The molecule has 1 aliphatic rings. The second kappa shape index (κ2) is 6.02. The van der Waals surface area contributed by atoms with E-state index in [-0.39, 0.29) is 0 Å². The molecule has 0 amide bonds. The van der Waals surface area contributed by atoms with Gasteiger partial charge in [0.2, 0.25) is 0 Å². The summed E-state index contributed by atoms with van der Waals surface area (Å²) >= 11 is 0. The lowest BCUT2D eigenvalue weighted by Gasteiger charge is -2.38. The Labute approximate surface area is 102 Å². The van der Waals surface area contributed by atoms with Crippen LogP contribution in [0.25, 0.3) is 0 Å². The van der Waals surface area contributed by atoms with E-state index in [9.17, 15) is 0 Å². The van der Waals surface area contributed by atoms with E-state index in [2.05, 4.69) is 44.8 Å².